The molecule has 1 aromatic carbocycles. The molecule has 0 radical (unpaired) electrons. The van der Waals surface area contributed by atoms with Gasteiger partial charge in [-0.3, -0.25) is 9.13 Å². The first-order chi connectivity index (χ1) is 14.1. The standard InChI is InChI=1S/C23H25N5O/c1-16-6-5-9-20(12-16)28-22(19-10-11-21-24-15-25-27(21)14-19)17(2)26(23(28)29)13-18-7-3-4-8-18/h5-6,9-12,14-15,18H,3-4,7-8,13H2,1-2H3. The van der Waals surface area contributed by atoms with E-state index in [1.165, 1.54) is 25.7 Å². The van der Waals surface area contributed by atoms with Crippen molar-refractivity contribution in [2.45, 2.75) is 46.1 Å². The predicted octanol–water partition coefficient (Wildman–Crippen LogP) is 4.16. The van der Waals surface area contributed by atoms with Crippen LogP contribution in [0.15, 0.2) is 53.7 Å². The van der Waals surface area contributed by atoms with Gasteiger partial charge in [0.15, 0.2) is 5.65 Å². The molecule has 148 valence electrons. The molecular weight excluding hydrogens is 362 g/mol. The van der Waals surface area contributed by atoms with Crippen LogP contribution in [0.1, 0.15) is 36.9 Å². The molecular formula is C23H25N5O. The van der Waals surface area contributed by atoms with Crippen LogP contribution in [-0.2, 0) is 6.54 Å². The molecule has 0 saturated heterocycles. The molecule has 0 atom stereocenters. The Bertz CT molecular complexity index is 1240. The minimum atomic E-state index is 0.0358. The molecule has 3 aromatic heterocycles. The van der Waals surface area contributed by atoms with Crippen LogP contribution in [0, 0.1) is 19.8 Å². The Morgan fingerprint density at radius 2 is 1.93 bits per heavy atom. The number of rotatable bonds is 4. The van der Waals surface area contributed by atoms with Crippen molar-refractivity contribution in [3.05, 3.63) is 70.7 Å². The van der Waals surface area contributed by atoms with Crippen LogP contribution < -0.4 is 5.69 Å². The van der Waals surface area contributed by atoms with Gasteiger partial charge < -0.3 is 0 Å². The van der Waals surface area contributed by atoms with E-state index in [-0.39, 0.29) is 5.69 Å². The highest BCUT2D eigenvalue weighted by Crippen LogP contribution is 2.30. The van der Waals surface area contributed by atoms with E-state index in [9.17, 15) is 4.79 Å². The lowest BCUT2D eigenvalue weighted by atomic mass is 10.1. The highest BCUT2D eigenvalue weighted by atomic mass is 16.1. The van der Waals surface area contributed by atoms with Gasteiger partial charge >= 0.3 is 5.69 Å². The maximum absolute atomic E-state index is 13.6. The number of hydrogen-bond donors (Lipinski definition) is 0. The number of aryl methyl sites for hydroxylation is 1. The summed E-state index contributed by atoms with van der Waals surface area (Å²) in [6.07, 6.45) is 8.46. The van der Waals surface area contributed by atoms with Gasteiger partial charge in [0.25, 0.3) is 0 Å². The first-order valence-electron chi connectivity index (χ1n) is 10.3. The quantitative estimate of drug-likeness (QED) is 0.528. The molecule has 1 fully saturated rings. The fraction of sp³-hybridized carbons (Fsp3) is 0.348. The molecule has 6 heteroatoms. The average molecular weight is 387 g/mol. The van der Waals surface area contributed by atoms with Crippen LogP contribution >= 0.6 is 0 Å². The topological polar surface area (TPSA) is 57.1 Å². The molecule has 1 aliphatic carbocycles. The smallest absolute Gasteiger partial charge is 0.295 e. The lowest BCUT2D eigenvalue weighted by molar-refractivity contribution is 0.443. The fourth-order valence-electron chi connectivity index (χ4n) is 4.62. The van der Waals surface area contributed by atoms with Gasteiger partial charge in [0, 0.05) is 24.0 Å². The van der Waals surface area contributed by atoms with Crippen LogP contribution in [0.5, 0.6) is 0 Å². The highest BCUT2D eigenvalue weighted by molar-refractivity contribution is 5.66. The summed E-state index contributed by atoms with van der Waals surface area (Å²) in [5.41, 5.74) is 5.75. The third-order valence-corrected chi connectivity index (χ3v) is 6.12. The fourth-order valence-corrected chi connectivity index (χ4v) is 4.62. The molecule has 1 aliphatic rings. The number of imidazole rings is 1. The Morgan fingerprint density at radius 3 is 2.72 bits per heavy atom. The molecule has 1 saturated carbocycles. The van der Waals surface area contributed by atoms with Crippen molar-refractivity contribution >= 4 is 5.65 Å². The monoisotopic (exact) mass is 387 g/mol. The summed E-state index contributed by atoms with van der Waals surface area (Å²) in [5, 5.41) is 4.27. The Balaban J connectivity index is 1.73. The second-order valence-corrected chi connectivity index (χ2v) is 8.13. The molecule has 0 bridgehead atoms. The SMILES string of the molecule is Cc1cccc(-n2c(-c3ccc4ncnn4c3)c(C)n(CC3CCCC3)c2=O)c1. The van der Waals surface area contributed by atoms with Crippen LogP contribution in [0.25, 0.3) is 22.6 Å². The maximum Gasteiger partial charge on any atom is 0.333 e. The van der Waals surface area contributed by atoms with Crippen molar-refractivity contribution in [1.82, 2.24) is 23.7 Å². The minimum Gasteiger partial charge on any atom is -0.295 e. The molecule has 0 unspecified atom stereocenters. The average Bonchev–Trinajstić information content (AvgIpc) is 3.44. The third-order valence-electron chi connectivity index (χ3n) is 6.12. The first-order valence-corrected chi connectivity index (χ1v) is 10.3. The highest BCUT2D eigenvalue weighted by Gasteiger charge is 2.23. The summed E-state index contributed by atoms with van der Waals surface area (Å²) in [7, 11) is 0. The number of hydrogen-bond acceptors (Lipinski definition) is 3. The van der Waals surface area contributed by atoms with Crippen molar-refractivity contribution in [3.8, 4) is 16.9 Å². The molecule has 6 nitrogen and oxygen atoms in total. The lowest BCUT2D eigenvalue weighted by Crippen LogP contribution is -2.26. The van der Waals surface area contributed by atoms with E-state index in [0.717, 1.165) is 40.4 Å². The van der Waals surface area contributed by atoms with Crippen LogP contribution in [0.2, 0.25) is 0 Å². The second kappa shape index (κ2) is 7.03. The number of benzene rings is 1. The van der Waals surface area contributed by atoms with Crippen molar-refractivity contribution in [3.63, 3.8) is 0 Å². The van der Waals surface area contributed by atoms with Gasteiger partial charge in [0.05, 0.1) is 11.4 Å². The summed E-state index contributed by atoms with van der Waals surface area (Å²) in [6, 6.07) is 12.1. The van der Waals surface area contributed by atoms with E-state index in [0.29, 0.717) is 5.92 Å². The molecule has 4 aromatic rings. The van der Waals surface area contributed by atoms with Gasteiger partial charge in [-0.1, -0.05) is 25.0 Å². The summed E-state index contributed by atoms with van der Waals surface area (Å²) < 4.78 is 5.59. The molecule has 0 N–H and O–H groups in total. The van der Waals surface area contributed by atoms with Crippen LogP contribution in [-0.4, -0.2) is 23.7 Å². The zero-order valence-electron chi connectivity index (χ0n) is 16.9. The van der Waals surface area contributed by atoms with E-state index in [1.807, 2.05) is 39.6 Å². The molecule has 0 amide bonds. The van der Waals surface area contributed by atoms with E-state index >= 15 is 0 Å². The lowest BCUT2D eigenvalue weighted by Gasteiger charge is -2.11. The van der Waals surface area contributed by atoms with Gasteiger partial charge in [-0.15, -0.1) is 0 Å². The zero-order chi connectivity index (χ0) is 20.0. The predicted molar refractivity (Wildman–Crippen MR) is 113 cm³/mol. The van der Waals surface area contributed by atoms with Gasteiger partial charge in [-0.2, -0.15) is 5.10 Å². The Hall–Kier alpha value is -3.15. The van der Waals surface area contributed by atoms with Gasteiger partial charge in [0.1, 0.15) is 6.33 Å². The number of nitrogens with zero attached hydrogens (tertiary/aromatic N) is 5. The number of aromatic nitrogens is 5. The van der Waals surface area contributed by atoms with E-state index < -0.39 is 0 Å². The molecule has 0 spiro atoms. The Morgan fingerprint density at radius 1 is 1.10 bits per heavy atom. The van der Waals surface area contributed by atoms with Gasteiger partial charge in [0.2, 0.25) is 0 Å². The van der Waals surface area contributed by atoms with Gasteiger partial charge in [-0.25, -0.2) is 14.3 Å². The number of pyridine rings is 1. The van der Waals surface area contributed by atoms with E-state index in [4.69, 9.17) is 0 Å². The summed E-state index contributed by atoms with van der Waals surface area (Å²) in [6.45, 7) is 4.91. The minimum absolute atomic E-state index is 0.0358. The third kappa shape index (κ3) is 3.09. The van der Waals surface area contributed by atoms with Gasteiger partial charge in [-0.05, 0) is 62.4 Å². The summed E-state index contributed by atoms with van der Waals surface area (Å²) in [4.78, 5) is 17.8. The molecule has 3 heterocycles. The summed E-state index contributed by atoms with van der Waals surface area (Å²) in [5.74, 6) is 0.588. The largest absolute Gasteiger partial charge is 0.333 e. The Kier molecular flexibility index (Phi) is 4.34. The second-order valence-electron chi connectivity index (χ2n) is 8.13. The first kappa shape index (κ1) is 17.9. The maximum atomic E-state index is 13.6. The molecule has 0 aliphatic heterocycles. The van der Waals surface area contributed by atoms with Crippen LogP contribution in [0.3, 0.4) is 0 Å². The normalized spacial score (nSPS) is 14.8. The van der Waals surface area contributed by atoms with Crippen molar-refractivity contribution < 1.29 is 0 Å². The zero-order valence-corrected chi connectivity index (χ0v) is 16.9. The van der Waals surface area contributed by atoms with E-state index in [1.54, 1.807) is 10.8 Å². The molecule has 5 rings (SSSR count). The number of fused-ring (bicyclic) bond motifs is 1. The Labute approximate surface area is 169 Å². The van der Waals surface area contributed by atoms with Crippen molar-refractivity contribution in [1.29, 1.82) is 0 Å². The van der Waals surface area contributed by atoms with Crippen LogP contribution in [0.4, 0.5) is 0 Å². The van der Waals surface area contributed by atoms with E-state index in [2.05, 4.69) is 36.1 Å². The molecule has 29 heavy (non-hydrogen) atoms. The summed E-state index contributed by atoms with van der Waals surface area (Å²) >= 11 is 0. The van der Waals surface area contributed by atoms with Crippen molar-refractivity contribution in [2.24, 2.45) is 5.92 Å². The van der Waals surface area contributed by atoms with Crippen molar-refractivity contribution in [2.75, 3.05) is 0 Å².